The Balaban J connectivity index is 2.02. The van der Waals surface area contributed by atoms with Gasteiger partial charge in [-0.2, -0.15) is 0 Å². The predicted octanol–water partition coefficient (Wildman–Crippen LogP) is 2.67. The van der Waals surface area contributed by atoms with Gasteiger partial charge in [0.2, 0.25) is 5.91 Å². The molecule has 0 fully saturated rings. The number of nitrogens with one attached hydrogen (secondary N) is 1. The van der Waals surface area contributed by atoms with E-state index in [0.29, 0.717) is 12.0 Å². The Bertz CT molecular complexity index is 726. The van der Waals surface area contributed by atoms with Crippen molar-refractivity contribution in [2.75, 3.05) is 0 Å². The van der Waals surface area contributed by atoms with Crippen LogP contribution in [0.25, 0.3) is 0 Å². The zero-order valence-corrected chi connectivity index (χ0v) is 12.3. The SMILES string of the molecule is O=C(O)/C=C/C(=O)NCc1ccc(F)c(Cc2ccccc2)c1. The van der Waals surface area contributed by atoms with E-state index >= 15 is 0 Å². The molecule has 2 aromatic carbocycles. The normalized spacial score (nSPS) is 10.7. The molecule has 0 aliphatic heterocycles. The molecule has 2 rings (SSSR count). The number of carboxylic acid groups (broad SMARTS) is 1. The monoisotopic (exact) mass is 313 g/mol. The average molecular weight is 313 g/mol. The number of carbonyl (C=O) groups excluding carboxylic acids is 1. The molecule has 0 aromatic heterocycles. The molecule has 2 aromatic rings. The molecule has 0 spiro atoms. The third-order valence-corrected chi connectivity index (χ3v) is 3.19. The molecule has 1 amide bonds. The molecule has 0 saturated carbocycles. The van der Waals surface area contributed by atoms with E-state index in [1.54, 1.807) is 12.1 Å². The maximum atomic E-state index is 13.9. The fourth-order valence-electron chi connectivity index (χ4n) is 2.08. The van der Waals surface area contributed by atoms with Crippen LogP contribution in [0.2, 0.25) is 0 Å². The van der Waals surface area contributed by atoms with Crippen molar-refractivity contribution in [3.05, 3.63) is 83.2 Å². The van der Waals surface area contributed by atoms with Crippen molar-refractivity contribution in [3.8, 4) is 0 Å². The summed E-state index contributed by atoms with van der Waals surface area (Å²) in [6.07, 6.45) is 2.17. The topological polar surface area (TPSA) is 66.4 Å². The van der Waals surface area contributed by atoms with Crippen LogP contribution in [-0.4, -0.2) is 17.0 Å². The lowest BCUT2D eigenvalue weighted by molar-refractivity contribution is -0.131. The van der Waals surface area contributed by atoms with Crippen molar-refractivity contribution < 1.29 is 19.1 Å². The molecule has 0 aliphatic carbocycles. The lowest BCUT2D eigenvalue weighted by atomic mass is 10.0. The number of halogens is 1. The highest BCUT2D eigenvalue weighted by atomic mass is 19.1. The first-order valence-corrected chi connectivity index (χ1v) is 7.04. The van der Waals surface area contributed by atoms with Gasteiger partial charge in [0, 0.05) is 25.1 Å². The van der Waals surface area contributed by atoms with Gasteiger partial charge in [0.15, 0.2) is 0 Å². The second kappa shape index (κ2) is 7.89. The van der Waals surface area contributed by atoms with Gasteiger partial charge in [-0.15, -0.1) is 0 Å². The summed E-state index contributed by atoms with van der Waals surface area (Å²) in [5.41, 5.74) is 2.29. The third kappa shape index (κ3) is 5.39. The Morgan fingerprint density at radius 3 is 2.48 bits per heavy atom. The Kier molecular flexibility index (Phi) is 5.63. The number of amides is 1. The van der Waals surface area contributed by atoms with Gasteiger partial charge in [-0.1, -0.05) is 42.5 Å². The van der Waals surface area contributed by atoms with Crippen molar-refractivity contribution in [2.24, 2.45) is 0 Å². The Labute approximate surface area is 133 Å². The van der Waals surface area contributed by atoms with Crippen LogP contribution in [0, 0.1) is 5.82 Å². The molecule has 5 heteroatoms. The molecular weight excluding hydrogens is 297 g/mol. The minimum atomic E-state index is -1.19. The van der Waals surface area contributed by atoms with Gasteiger partial charge in [0.25, 0.3) is 0 Å². The van der Waals surface area contributed by atoms with Crippen molar-refractivity contribution in [3.63, 3.8) is 0 Å². The average Bonchev–Trinajstić information content (AvgIpc) is 2.54. The van der Waals surface area contributed by atoms with Crippen LogP contribution in [0.1, 0.15) is 16.7 Å². The van der Waals surface area contributed by atoms with E-state index in [9.17, 15) is 14.0 Å². The number of carboxylic acids is 1. The van der Waals surface area contributed by atoms with E-state index in [2.05, 4.69) is 5.32 Å². The highest BCUT2D eigenvalue weighted by Crippen LogP contribution is 2.15. The Morgan fingerprint density at radius 1 is 1.04 bits per heavy atom. The first kappa shape index (κ1) is 16.4. The summed E-state index contributed by atoms with van der Waals surface area (Å²) in [5.74, 6) is -2.00. The van der Waals surface area contributed by atoms with Crippen molar-refractivity contribution >= 4 is 11.9 Å². The molecule has 0 aliphatic rings. The summed E-state index contributed by atoms with van der Waals surface area (Å²) in [7, 11) is 0. The number of hydrogen-bond acceptors (Lipinski definition) is 2. The van der Waals surface area contributed by atoms with Crippen LogP contribution < -0.4 is 5.32 Å². The second-order valence-corrected chi connectivity index (χ2v) is 4.98. The van der Waals surface area contributed by atoms with E-state index < -0.39 is 11.9 Å². The van der Waals surface area contributed by atoms with Crippen molar-refractivity contribution in [1.82, 2.24) is 5.32 Å². The number of benzene rings is 2. The highest BCUT2D eigenvalue weighted by Gasteiger charge is 2.06. The molecule has 0 heterocycles. The van der Waals surface area contributed by atoms with Crippen molar-refractivity contribution in [1.29, 1.82) is 0 Å². The van der Waals surface area contributed by atoms with Gasteiger partial charge in [0.1, 0.15) is 5.82 Å². The van der Waals surface area contributed by atoms with Crippen LogP contribution in [-0.2, 0) is 22.6 Å². The summed E-state index contributed by atoms with van der Waals surface area (Å²) < 4.78 is 13.9. The molecule has 0 atom stereocenters. The van der Waals surface area contributed by atoms with Crippen LogP contribution >= 0.6 is 0 Å². The van der Waals surface area contributed by atoms with Gasteiger partial charge in [-0.3, -0.25) is 4.79 Å². The molecule has 2 N–H and O–H groups in total. The number of aliphatic carboxylic acids is 1. The highest BCUT2D eigenvalue weighted by molar-refractivity contribution is 5.93. The quantitative estimate of drug-likeness (QED) is 0.806. The van der Waals surface area contributed by atoms with Crippen LogP contribution in [0.4, 0.5) is 4.39 Å². The minimum absolute atomic E-state index is 0.199. The summed E-state index contributed by atoms with van der Waals surface area (Å²) in [6.45, 7) is 0.199. The van der Waals surface area contributed by atoms with Gasteiger partial charge in [-0.05, 0) is 22.8 Å². The Morgan fingerprint density at radius 2 is 1.78 bits per heavy atom. The zero-order valence-electron chi connectivity index (χ0n) is 12.3. The lowest BCUT2D eigenvalue weighted by Crippen LogP contribution is -2.20. The third-order valence-electron chi connectivity index (χ3n) is 3.19. The molecule has 0 unspecified atom stereocenters. The van der Waals surface area contributed by atoms with E-state index in [-0.39, 0.29) is 12.4 Å². The van der Waals surface area contributed by atoms with Crippen molar-refractivity contribution in [2.45, 2.75) is 13.0 Å². The van der Waals surface area contributed by atoms with Gasteiger partial charge >= 0.3 is 5.97 Å². The molecule has 0 radical (unpaired) electrons. The fraction of sp³-hybridized carbons (Fsp3) is 0.111. The molecule has 23 heavy (non-hydrogen) atoms. The van der Waals surface area contributed by atoms with Gasteiger partial charge < -0.3 is 10.4 Å². The number of carbonyl (C=O) groups is 2. The standard InChI is InChI=1S/C18H16FNO3/c19-16-7-6-14(12-20-17(21)8-9-18(22)23)11-15(16)10-13-4-2-1-3-5-13/h1-9,11H,10,12H2,(H,20,21)(H,22,23)/b9-8+. The van der Waals surface area contributed by atoms with Crippen LogP contribution in [0.15, 0.2) is 60.7 Å². The summed E-state index contributed by atoms with van der Waals surface area (Å²) in [5, 5.41) is 11.0. The second-order valence-electron chi connectivity index (χ2n) is 4.98. The maximum absolute atomic E-state index is 13.9. The van der Waals surface area contributed by atoms with E-state index in [4.69, 9.17) is 5.11 Å². The molecule has 118 valence electrons. The van der Waals surface area contributed by atoms with E-state index in [1.807, 2.05) is 30.3 Å². The van der Waals surface area contributed by atoms with Gasteiger partial charge in [0.05, 0.1) is 0 Å². The lowest BCUT2D eigenvalue weighted by Gasteiger charge is -2.08. The van der Waals surface area contributed by atoms with Crippen LogP contribution in [0.3, 0.4) is 0 Å². The van der Waals surface area contributed by atoms with E-state index in [0.717, 1.165) is 23.3 Å². The molecular formula is C18H16FNO3. The number of rotatable bonds is 6. The molecule has 0 bridgehead atoms. The smallest absolute Gasteiger partial charge is 0.328 e. The van der Waals surface area contributed by atoms with E-state index in [1.165, 1.54) is 6.07 Å². The Hall–Kier alpha value is -2.95. The predicted molar refractivity (Wildman–Crippen MR) is 84.3 cm³/mol. The summed E-state index contributed by atoms with van der Waals surface area (Å²) in [4.78, 5) is 21.8. The molecule has 4 nitrogen and oxygen atoms in total. The zero-order chi connectivity index (χ0) is 16.7. The first-order chi connectivity index (χ1) is 11.0. The maximum Gasteiger partial charge on any atom is 0.328 e. The van der Waals surface area contributed by atoms with Gasteiger partial charge in [-0.25, -0.2) is 9.18 Å². The molecule has 0 saturated heterocycles. The fourth-order valence-corrected chi connectivity index (χ4v) is 2.08. The summed E-state index contributed by atoms with van der Waals surface area (Å²) in [6, 6.07) is 14.2. The summed E-state index contributed by atoms with van der Waals surface area (Å²) >= 11 is 0. The number of hydrogen-bond donors (Lipinski definition) is 2. The first-order valence-electron chi connectivity index (χ1n) is 7.04. The minimum Gasteiger partial charge on any atom is -0.478 e. The largest absolute Gasteiger partial charge is 0.478 e. The van der Waals surface area contributed by atoms with Crippen LogP contribution in [0.5, 0.6) is 0 Å².